The van der Waals surface area contributed by atoms with E-state index in [4.69, 9.17) is 0 Å². The van der Waals surface area contributed by atoms with E-state index in [0.29, 0.717) is 10.8 Å². The third kappa shape index (κ3) is 4.47. The Morgan fingerprint density at radius 3 is 1.75 bits per heavy atom. The van der Waals surface area contributed by atoms with Crippen LogP contribution in [0.2, 0.25) is 0 Å². The van der Waals surface area contributed by atoms with E-state index < -0.39 is 0 Å². The Bertz CT molecular complexity index is 199. The Kier molecular flexibility index (Phi) is 4.49. The van der Waals surface area contributed by atoms with E-state index in [9.17, 15) is 0 Å². The van der Waals surface area contributed by atoms with Gasteiger partial charge >= 0.3 is 0 Å². The molecule has 1 aliphatic rings. The molecule has 0 saturated heterocycles. The molecule has 1 rings (SSSR count). The monoisotopic (exact) mass is 224 g/mol. The molecule has 0 heterocycles. The SMILES string of the molecule is CC1CCC(C(C)(C)CCC(C)(C)C)CC1. The highest BCUT2D eigenvalue weighted by Gasteiger charge is 2.32. The second kappa shape index (κ2) is 5.10. The largest absolute Gasteiger partial charge is 0.0625 e. The molecule has 0 aromatic carbocycles. The first-order valence-electron chi connectivity index (χ1n) is 7.21. The third-order valence-corrected chi connectivity index (χ3v) is 4.64. The van der Waals surface area contributed by atoms with Gasteiger partial charge < -0.3 is 0 Å². The van der Waals surface area contributed by atoms with Crippen LogP contribution in [-0.2, 0) is 0 Å². The molecule has 0 aromatic heterocycles. The molecule has 0 aromatic rings. The maximum absolute atomic E-state index is 2.50. The lowest BCUT2D eigenvalue weighted by atomic mass is 9.66. The van der Waals surface area contributed by atoms with E-state index in [1.165, 1.54) is 38.5 Å². The van der Waals surface area contributed by atoms with Crippen molar-refractivity contribution < 1.29 is 0 Å². The van der Waals surface area contributed by atoms with E-state index in [1.54, 1.807) is 0 Å². The minimum absolute atomic E-state index is 0.499. The zero-order chi connectivity index (χ0) is 12.4. The van der Waals surface area contributed by atoms with Crippen molar-refractivity contribution >= 4 is 0 Å². The molecule has 0 bridgehead atoms. The Balaban J connectivity index is 2.44. The van der Waals surface area contributed by atoms with E-state index in [-0.39, 0.29) is 0 Å². The minimum Gasteiger partial charge on any atom is -0.0625 e. The van der Waals surface area contributed by atoms with E-state index in [2.05, 4.69) is 41.5 Å². The van der Waals surface area contributed by atoms with Crippen LogP contribution in [0.4, 0.5) is 0 Å². The molecule has 0 nitrogen and oxygen atoms in total. The predicted octanol–water partition coefficient (Wildman–Crippen LogP) is 5.67. The normalized spacial score (nSPS) is 28.1. The Labute approximate surface area is 103 Å². The van der Waals surface area contributed by atoms with Crippen LogP contribution in [0.15, 0.2) is 0 Å². The van der Waals surface area contributed by atoms with Crippen LogP contribution in [-0.4, -0.2) is 0 Å². The maximum atomic E-state index is 2.50. The summed E-state index contributed by atoms with van der Waals surface area (Å²) in [6.45, 7) is 14.5. The zero-order valence-corrected chi connectivity index (χ0v) is 12.4. The summed E-state index contributed by atoms with van der Waals surface area (Å²) >= 11 is 0. The summed E-state index contributed by atoms with van der Waals surface area (Å²) in [5.74, 6) is 1.96. The van der Waals surface area contributed by atoms with Gasteiger partial charge in [-0.2, -0.15) is 0 Å². The summed E-state index contributed by atoms with van der Waals surface area (Å²) in [4.78, 5) is 0. The number of rotatable bonds is 3. The Morgan fingerprint density at radius 2 is 1.31 bits per heavy atom. The van der Waals surface area contributed by atoms with Crippen LogP contribution >= 0.6 is 0 Å². The van der Waals surface area contributed by atoms with Gasteiger partial charge in [-0.25, -0.2) is 0 Å². The Morgan fingerprint density at radius 1 is 0.812 bits per heavy atom. The lowest BCUT2D eigenvalue weighted by molar-refractivity contribution is 0.111. The summed E-state index contributed by atoms with van der Waals surface area (Å²) in [6.07, 6.45) is 8.63. The summed E-state index contributed by atoms with van der Waals surface area (Å²) in [5.41, 5.74) is 1.06. The fourth-order valence-electron chi connectivity index (χ4n) is 2.94. The van der Waals surface area contributed by atoms with Crippen molar-refractivity contribution in [3.05, 3.63) is 0 Å². The van der Waals surface area contributed by atoms with E-state index in [0.717, 1.165) is 11.8 Å². The molecule has 0 N–H and O–H groups in total. The first-order chi connectivity index (χ1) is 7.21. The topological polar surface area (TPSA) is 0 Å². The highest BCUT2D eigenvalue weighted by Crippen LogP contribution is 2.44. The molecule has 0 spiro atoms. The van der Waals surface area contributed by atoms with Gasteiger partial charge in [-0.05, 0) is 48.3 Å². The second-order valence-electron chi connectivity index (χ2n) is 8.01. The second-order valence-corrected chi connectivity index (χ2v) is 8.01. The maximum Gasteiger partial charge on any atom is -0.0326 e. The van der Waals surface area contributed by atoms with Crippen molar-refractivity contribution in [3.8, 4) is 0 Å². The molecule has 1 saturated carbocycles. The van der Waals surface area contributed by atoms with Gasteiger partial charge in [-0.15, -0.1) is 0 Å². The summed E-state index contributed by atoms with van der Waals surface area (Å²) < 4.78 is 0. The van der Waals surface area contributed by atoms with Crippen LogP contribution < -0.4 is 0 Å². The number of hydrogen-bond donors (Lipinski definition) is 0. The van der Waals surface area contributed by atoms with Gasteiger partial charge in [0.2, 0.25) is 0 Å². The highest BCUT2D eigenvalue weighted by atomic mass is 14.4. The van der Waals surface area contributed by atoms with Gasteiger partial charge in [-0.3, -0.25) is 0 Å². The standard InChI is InChI=1S/C16H32/c1-13-7-9-14(10-8-13)16(5,6)12-11-15(2,3)4/h13-14H,7-12H2,1-6H3. The van der Waals surface area contributed by atoms with E-state index in [1.807, 2.05) is 0 Å². The smallest absolute Gasteiger partial charge is 0.0326 e. The quantitative estimate of drug-likeness (QED) is 0.580. The van der Waals surface area contributed by atoms with Crippen molar-refractivity contribution in [2.24, 2.45) is 22.7 Å². The molecule has 0 radical (unpaired) electrons. The van der Waals surface area contributed by atoms with Gasteiger partial charge in [-0.1, -0.05) is 54.4 Å². The lowest BCUT2D eigenvalue weighted by Crippen LogP contribution is -2.29. The molecule has 96 valence electrons. The third-order valence-electron chi connectivity index (χ3n) is 4.64. The van der Waals surface area contributed by atoms with Gasteiger partial charge in [0.1, 0.15) is 0 Å². The first kappa shape index (κ1) is 14.1. The first-order valence-corrected chi connectivity index (χ1v) is 7.21. The molecule has 16 heavy (non-hydrogen) atoms. The molecule has 0 heteroatoms. The molecule has 1 aliphatic carbocycles. The van der Waals surface area contributed by atoms with Crippen LogP contribution in [0.1, 0.15) is 80.1 Å². The molecule has 0 aliphatic heterocycles. The zero-order valence-electron chi connectivity index (χ0n) is 12.4. The van der Waals surface area contributed by atoms with Gasteiger partial charge in [0, 0.05) is 0 Å². The predicted molar refractivity (Wildman–Crippen MR) is 73.6 cm³/mol. The van der Waals surface area contributed by atoms with Crippen LogP contribution in [0.5, 0.6) is 0 Å². The van der Waals surface area contributed by atoms with Crippen molar-refractivity contribution in [2.75, 3.05) is 0 Å². The van der Waals surface area contributed by atoms with Crippen molar-refractivity contribution in [3.63, 3.8) is 0 Å². The van der Waals surface area contributed by atoms with Crippen LogP contribution in [0, 0.1) is 22.7 Å². The summed E-state index contributed by atoms with van der Waals surface area (Å²) in [5, 5.41) is 0. The van der Waals surface area contributed by atoms with Gasteiger partial charge in [0.05, 0.1) is 0 Å². The molecule has 0 unspecified atom stereocenters. The van der Waals surface area contributed by atoms with Crippen LogP contribution in [0.3, 0.4) is 0 Å². The average Bonchev–Trinajstić information content (AvgIpc) is 2.15. The fraction of sp³-hybridized carbons (Fsp3) is 1.00. The Hall–Kier alpha value is 0. The molecular weight excluding hydrogens is 192 g/mol. The van der Waals surface area contributed by atoms with Crippen LogP contribution in [0.25, 0.3) is 0 Å². The summed E-state index contributed by atoms with van der Waals surface area (Å²) in [7, 11) is 0. The summed E-state index contributed by atoms with van der Waals surface area (Å²) in [6, 6.07) is 0. The minimum atomic E-state index is 0.499. The average molecular weight is 224 g/mol. The molecular formula is C16H32. The lowest BCUT2D eigenvalue weighted by Gasteiger charge is -2.40. The van der Waals surface area contributed by atoms with Gasteiger partial charge in [0.25, 0.3) is 0 Å². The van der Waals surface area contributed by atoms with Crippen molar-refractivity contribution in [2.45, 2.75) is 80.1 Å². The molecule has 0 atom stereocenters. The molecule has 0 amide bonds. The van der Waals surface area contributed by atoms with Crippen molar-refractivity contribution in [1.82, 2.24) is 0 Å². The fourth-order valence-corrected chi connectivity index (χ4v) is 2.94. The van der Waals surface area contributed by atoms with E-state index >= 15 is 0 Å². The van der Waals surface area contributed by atoms with Crippen molar-refractivity contribution in [1.29, 1.82) is 0 Å². The highest BCUT2D eigenvalue weighted by molar-refractivity contribution is 4.83. The number of hydrogen-bond acceptors (Lipinski definition) is 0. The van der Waals surface area contributed by atoms with Gasteiger partial charge in [0.15, 0.2) is 0 Å². The molecule has 1 fully saturated rings.